The van der Waals surface area contributed by atoms with Crippen LogP contribution in [0.3, 0.4) is 0 Å². The SMILES string of the molecule is CCCOc1ccc([C@@H]2[C@@H]3C(=O)CC(C)(C)C=C3Nc3ccccc3N2C(=O)CC)cc1OC. The third kappa shape index (κ3) is 4.41. The molecule has 0 bridgehead atoms. The summed E-state index contributed by atoms with van der Waals surface area (Å²) in [5.41, 5.74) is 3.00. The van der Waals surface area contributed by atoms with Crippen molar-refractivity contribution in [2.45, 2.75) is 53.0 Å². The maximum Gasteiger partial charge on any atom is 0.227 e. The molecule has 1 aliphatic carbocycles. The zero-order valence-corrected chi connectivity index (χ0v) is 20.7. The number of methoxy groups -OCH3 is 1. The summed E-state index contributed by atoms with van der Waals surface area (Å²) >= 11 is 0. The van der Waals surface area contributed by atoms with Crippen molar-refractivity contribution in [3.63, 3.8) is 0 Å². The lowest BCUT2D eigenvalue weighted by Gasteiger charge is -2.39. The van der Waals surface area contributed by atoms with Gasteiger partial charge in [0.15, 0.2) is 11.5 Å². The molecular weight excluding hydrogens is 428 g/mol. The number of carbonyl (C=O) groups is 2. The fourth-order valence-electron chi connectivity index (χ4n) is 5.00. The van der Waals surface area contributed by atoms with Crippen LogP contribution in [0.1, 0.15) is 58.6 Å². The van der Waals surface area contributed by atoms with E-state index in [0.717, 1.165) is 29.1 Å². The number of hydrogen-bond donors (Lipinski definition) is 1. The first-order chi connectivity index (χ1) is 16.3. The van der Waals surface area contributed by atoms with E-state index in [1.54, 1.807) is 12.0 Å². The van der Waals surface area contributed by atoms with E-state index in [0.29, 0.717) is 30.9 Å². The Morgan fingerprint density at radius 2 is 1.91 bits per heavy atom. The van der Waals surface area contributed by atoms with E-state index in [1.165, 1.54) is 0 Å². The molecule has 4 rings (SSSR count). The Kier molecular flexibility index (Phi) is 6.69. The van der Waals surface area contributed by atoms with Crippen molar-refractivity contribution in [1.82, 2.24) is 0 Å². The van der Waals surface area contributed by atoms with Crippen LogP contribution in [-0.2, 0) is 9.59 Å². The minimum atomic E-state index is -0.511. The van der Waals surface area contributed by atoms with Gasteiger partial charge in [-0.1, -0.05) is 52.0 Å². The van der Waals surface area contributed by atoms with Crippen LogP contribution in [0.15, 0.2) is 54.2 Å². The summed E-state index contributed by atoms with van der Waals surface area (Å²) in [7, 11) is 1.61. The Morgan fingerprint density at radius 3 is 2.62 bits per heavy atom. The lowest BCUT2D eigenvalue weighted by molar-refractivity contribution is -0.125. The van der Waals surface area contributed by atoms with E-state index in [-0.39, 0.29) is 17.1 Å². The van der Waals surface area contributed by atoms with Crippen LogP contribution in [-0.4, -0.2) is 25.4 Å². The van der Waals surface area contributed by atoms with Crippen LogP contribution >= 0.6 is 0 Å². The Hall–Kier alpha value is -3.28. The molecular formula is C28H34N2O4. The van der Waals surface area contributed by atoms with Gasteiger partial charge < -0.3 is 19.7 Å². The normalized spacial score (nSPS) is 20.9. The second-order valence-corrected chi connectivity index (χ2v) is 9.67. The summed E-state index contributed by atoms with van der Waals surface area (Å²) in [6.45, 7) is 8.62. The van der Waals surface area contributed by atoms with E-state index in [1.807, 2.05) is 49.4 Å². The van der Waals surface area contributed by atoms with E-state index in [4.69, 9.17) is 9.47 Å². The van der Waals surface area contributed by atoms with Gasteiger partial charge in [-0.25, -0.2) is 0 Å². The minimum absolute atomic E-state index is 0.0385. The number of Topliss-reactive ketones (excluding diaryl/α,β-unsaturated/α-hetero) is 1. The fourth-order valence-corrected chi connectivity index (χ4v) is 5.00. The van der Waals surface area contributed by atoms with Gasteiger partial charge in [-0.2, -0.15) is 0 Å². The van der Waals surface area contributed by atoms with Crippen molar-refractivity contribution in [1.29, 1.82) is 0 Å². The largest absolute Gasteiger partial charge is 0.493 e. The Labute approximate surface area is 201 Å². The molecule has 0 unspecified atom stereocenters. The topological polar surface area (TPSA) is 67.9 Å². The molecule has 34 heavy (non-hydrogen) atoms. The molecule has 1 amide bonds. The molecule has 0 saturated carbocycles. The second kappa shape index (κ2) is 9.53. The van der Waals surface area contributed by atoms with Gasteiger partial charge >= 0.3 is 0 Å². The molecule has 0 aromatic heterocycles. The third-order valence-corrected chi connectivity index (χ3v) is 6.46. The summed E-state index contributed by atoms with van der Waals surface area (Å²) in [4.78, 5) is 28.9. The number of anilines is 2. The van der Waals surface area contributed by atoms with Gasteiger partial charge in [0.1, 0.15) is 5.78 Å². The standard InChI is InChI=1S/C28H34N2O4/c1-6-14-34-23-13-12-18(15-24(23)33-5)27-26-20(16-28(3,4)17-22(26)31)29-19-10-8-9-11-21(19)30(27)25(32)7-2/h8-13,15-16,26-27,29H,6-7,14,17H2,1-5H3/t26-,27+/m0/s1. The van der Waals surface area contributed by atoms with Crippen LogP contribution < -0.4 is 19.7 Å². The van der Waals surface area contributed by atoms with E-state index in [2.05, 4.69) is 32.2 Å². The van der Waals surface area contributed by atoms with Crippen molar-refractivity contribution in [3.8, 4) is 11.5 Å². The number of rotatable bonds is 6. The predicted octanol–water partition coefficient (Wildman–Crippen LogP) is 5.89. The highest BCUT2D eigenvalue weighted by atomic mass is 16.5. The van der Waals surface area contributed by atoms with Gasteiger partial charge in [-0.3, -0.25) is 9.59 Å². The molecule has 6 nitrogen and oxygen atoms in total. The van der Waals surface area contributed by atoms with Crippen molar-refractivity contribution >= 4 is 23.1 Å². The third-order valence-electron chi connectivity index (χ3n) is 6.46. The fraction of sp³-hybridized carbons (Fsp3) is 0.429. The Balaban J connectivity index is 1.94. The number of ether oxygens (including phenoxy) is 2. The molecule has 0 spiro atoms. The predicted molar refractivity (Wildman–Crippen MR) is 134 cm³/mol. The van der Waals surface area contributed by atoms with Crippen LogP contribution in [0, 0.1) is 11.3 Å². The monoisotopic (exact) mass is 462 g/mol. The van der Waals surface area contributed by atoms with Gasteiger partial charge in [-0.15, -0.1) is 0 Å². The molecule has 1 N–H and O–H groups in total. The highest BCUT2D eigenvalue weighted by Crippen LogP contribution is 2.49. The van der Waals surface area contributed by atoms with Gasteiger partial charge in [0.2, 0.25) is 5.91 Å². The zero-order chi connectivity index (χ0) is 24.5. The number of fused-ring (bicyclic) bond motifs is 2. The summed E-state index contributed by atoms with van der Waals surface area (Å²) in [6, 6.07) is 13.0. The van der Waals surface area contributed by atoms with Crippen molar-refractivity contribution in [3.05, 3.63) is 59.8 Å². The number of carbonyl (C=O) groups excluding carboxylic acids is 2. The maximum absolute atomic E-state index is 13.7. The molecule has 2 atom stereocenters. The highest BCUT2D eigenvalue weighted by molar-refractivity contribution is 6.01. The maximum atomic E-state index is 13.7. The number of nitrogens with one attached hydrogen (secondary N) is 1. The van der Waals surface area contributed by atoms with Crippen molar-refractivity contribution in [2.24, 2.45) is 11.3 Å². The average molecular weight is 463 g/mol. The van der Waals surface area contributed by atoms with E-state index >= 15 is 0 Å². The number of nitrogens with zero attached hydrogens (tertiary/aromatic N) is 1. The summed E-state index contributed by atoms with van der Waals surface area (Å²) in [6.07, 6.45) is 3.78. The van der Waals surface area contributed by atoms with Crippen LogP contribution in [0.2, 0.25) is 0 Å². The van der Waals surface area contributed by atoms with E-state index in [9.17, 15) is 9.59 Å². The van der Waals surface area contributed by atoms with Crippen LogP contribution in [0.4, 0.5) is 11.4 Å². The summed E-state index contributed by atoms with van der Waals surface area (Å²) in [5.74, 6) is 0.813. The molecule has 1 heterocycles. The molecule has 2 aromatic rings. The Morgan fingerprint density at radius 1 is 1.15 bits per heavy atom. The number of hydrogen-bond acceptors (Lipinski definition) is 5. The van der Waals surface area contributed by atoms with Crippen molar-refractivity contribution < 1.29 is 19.1 Å². The van der Waals surface area contributed by atoms with Crippen LogP contribution in [0.5, 0.6) is 11.5 Å². The number of para-hydroxylation sites is 2. The average Bonchev–Trinajstić information content (AvgIpc) is 2.95. The van der Waals surface area contributed by atoms with Gasteiger partial charge in [0.05, 0.1) is 37.1 Å². The van der Waals surface area contributed by atoms with Crippen LogP contribution in [0.25, 0.3) is 0 Å². The summed E-state index contributed by atoms with van der Waals surface area (Å²) < 4.78 is 11.5. The minimum Gasteiger partial charge on any atom is -0.493 e. The molecule has 0 saturated heterocycles. The number of allylic oxidation sites excluding steroid dienone is 1. The molecule has 6 heteroatoms. The molecule has 2 aliphatic rings. The number of amides is 1. The summed E-state index contributed by atoms with van der Waals surface area (Å²) in [5, 5.41) is 3.51. The number of benzene rings is 2. The molecule has 180 valence electrons. The number of ketones is 1. The first kappa shape index (κ1) is 23.9. The molecule has 0 fully saturated rings. The zero-order valence-electron chi connectivity index (χ0n) is 20.7. The quantitative estimate of drug-likeness (QED) is 0.579. The van der Waals surface area contributed by atoms with Crippen molar-refractivity contribution in [2.75, 3.05) is 23.9 Å². The van der Waals surface area contributed by atoms with Gasteiger partial charge in [0.25, 0.3) is 0 Å². The van der Waals surface area contributed by atoms with Gasteiger partial charge in [-0.05, 0) is 41.7 Å². The Bertz CT molecular complexity index is 1120. The lowest BCUT2D eigenvalue weighted by atomic mass is 9.72. The second-order valence-electron chi connectivity index (χ2n) is 9.67. The first-order valence-corrected chi connectivity index (χ1v) is 12.0. The molecule has 0 radical (unpaired) electrons. The smallest absolute Gasteiger partial charge is 0.227 e. The molecule has 1 aliphatic heterocycles. The first-order valence-electron chi connectivity index (χ1n) is 12.0. The van der Waals surface area contributed by atoms with Gasteiger partial charge in [0, 0.05) is 18.5 Å². The molecule has 2 aromatic carbocycles. The highest BCUT2D eigenvalue weighted by Gasteiger charge is 2.46. The van der Waals surface area contributed by atoms with E-state index < -0.39 is 12.0 Å². The lowest BCUT2D eigenvalue weighted by Crippen LogP contribution is -2.43.